The van der Waals surface area contributed by atoms with Crippen molar-refractivity contribution in [1.29, 1.82) is 0 Å². The van der Waals surface area contributed by atoms with Crippen LogP contribution in [0.1, 0.15) is 0 Å². The summed E-state index contributed by atoms with van der Waals surface area (Å²) < 4.78 is 4.26. The maximum atomic E-state index is 4.80. The van der Waals surface area contributed by atoms with Gasteiger partial charge in [-0.1, -0.05) is 12.2 Å². The van der Waals surface area contributed by atoms with Crippen LogP contribution in [0.4, 0.5) is 0 Å². The Bertz CT molecular complexity index is 44.9. The molecule has 0 spiro atoms. The van der Waals surface area contributed by atoms with Gasteiger partial charge in [0.2, 0.25) is 0 Å². The molecule has 0 aliphatic carbocycles. The molecule has 3 heteroatoms. The Morgan fingerprint density at radius 1 is 2.00 bits per heavy atom. The topological polar surface area (TPSA) is 9.23 Å². The first-order valence-corrected chi connectivity index (χ1v) is 1.51. The van der Waals surface area contributed by atoms with Crippen LogP contribution in [-0.4, -0.2) is 19.9 Å². The molecule has 0 rings (SSSR count). The predicted octanol–water partition coefficient (Wildman–Crippen LogP) is 0.0862. The molecule has 0 amide bonds. The summed E-state index contributed by atoms with van der Waals surface area (Å²) in [4.78, 5) is 0.0880. The highest BCUT2D eigenvalue weighted by molar-refractivity contribution is 7.82. The zero-order valence-electron chi connectivity index (χ0n) is 2.89. The van der Waals surface area contributed by atoms with Crippen LogP contribution in [0.3, 0.4) is 0 Å². The molecule has 0 aromatic rings. The number of methoxy groups -OCH3 is 1. The number of rotatable bonds is 0. The quantitative estimate of drug-likeness (QED) is 0.305. The van der Waals surface area contributed by atoms with Crippen LogP contribution < -0.4 is 0 Å². The molecule has 0 aromatic heterocycles. The van der Waals surface area contributed by atoms with Crippen LogP contribution in [0.25, 0.3) is 0 Å². The summed E-state index contributed by atoms with van der Waals surface area (Å²) in [6.45, 7) is 0. The summed E-state index contributed by atoms with van der Waals surface area (Å²) in [6.07, 6.45) is 0. The average molecular weight is 85.9 g/mol. The molecule has 0 N–H and O–H groups in total. The standard InChI is InChI=1S/C2H3BOS/c1-4-2(3)5/h1H3. The van der Waals surface area contributed by atoms with Crippen molar-refractivity contribution in [3.8, 4) is 0 Å². The van der Waals surface area contributed by atoms with Gasteiger partial charge in [-0.05, 0) is 0 Å². The fourth-order valence-electron chi connectivity index (χ4n) is 0. The summed E-state index contributed by atoms with van der Waals surface area (Å²) in [5.41, 5.74) is 0. The van der Waals surface area contributed by atoms with Gasteiger partial charge in [0.1, 0.15) is 0 Å². The molecule has 26 valence electrons. The summed E-state index contributed by atoms with van der Waals surface area (Å²) >= 11 is 4.25. The molecule has 5 heavy (non-hydrogen) atoms. The van der Waals surface area contributed by atoms with E-state index in [0.717, 1.165) is 0 Å². The lowest BCUT2D eigenvalue weighted by Crippen LogP contribution is -1.92. The van der Waals surface area contributed by atoms with Gasteiger partial charge >= 0.3 is 0 Å². The third kappa shape index (κ3) is 3.95. The van der Waals surface area contributed by atoms with Crippen molar-refractivity contribution in [3.63, 3.8) is 0 Å². The summed E-state index contributed by atoms with van der Waals surface area (Å²) in [5, 5.41) is 0. The zero-order valence-corrected chi connectivity index (χ0v) is 3.71. The second kappa shape index (κ2) is 2.21. The number of hydrogen-bond donors (Lipinski definition) is 0. The summed E-state index contributed by atoms with van der Waals surface area (Å²) in [5.74, 6) is 0. The molecular formula is C2H3BOS. The molecule has 0 atom stereocenters. The van der Waals surface area contributed by atoms with Crippen LogP contribution in [0.5, 0.6) is 0 Å². The SMILES string of the molecule is [B]C(=S)OC. The molecular weight excluding hydrogens is 82.9 g/mol. The highest BCUT2D eigenvalue weighted by atomic mass is 32.1. The molecule has 0 aliphatic heterocycles. The van der Waals surface area contributed by atoms with Gasteiger partial charge < -0.3 is 4.74 Å². The first-order valence-electron chi connectivity index (χ1n) is 1.11. The third-order valence-corrected chi connectivity index (χ3v) is 0.368. The molecule has 0 aliphatic rings. The van der Waals surface area contributed by atoms with Crippen LogP contribution in [0, 0.1) is 0 Å². The van der Waals surface area contributed by atoms with E-state index in [1.165, 1.54) is 7.11 Å². The van der Waals surface area contributed by atoms with Crippen molar-refractivity contribution >= 4 is 25.0 Å². The van der Waals surface area contributed by atoms with E-state index in [4.69, 9.17) is 7.85 Å². The van der Waals surface area contributed by atoms with Crippen molar-refractivity contribution in [2.75, 3.05) is 7.11 Å². The molecule has 1 nitrogen and oxygen atoms in total. The van der Waals surface area contributed by atoms with Crippen molar-refractivity contribution in [2.24, 2.45) is 0 Å². The molecule has 0 bridgehead atoms. The van der Waals surface area contributed by atoms with Gasteiger partial charge in [0, 0.05) is 0 Å². The summed E-state index contributed by atoms with van der Waals surface area (Å²) in [6, 6.07) is 0. The van der Waals surface area contributed by atoms with Gasteiger partial charge in [0.05, 0.1) is 12.1 Å². The lowest BCUT2D eigenvalue weighted by atomic mass is 10.2. The Morgan fingerprint density at radius 3 is 2.20 bits per heavy atom. The van der Waals surface area contributed by atoms with Gasteiger partial charge in [-0.3, -0.25) is 0 Å². The maximum Gasteiger partial charge on any atom is 0.183 e. The van der Waals surface area contributed by atoms with Gasteiger partial charge in [-0.2, -0.15) is 0 Å². The molecule has 0 saturated carbocycles. The van der Waals surface area contributed by atoms with E-state index < -0.39 is 0 Å². The minimum Gasteiger partial charge on any atom is -0.502 e. The molecule has 0 aromatic carbocycles. The monoisotopic (exact) mass is 86.0 g/mol. The number of hydrogen-bond acceptors (Lipinski definition) is 2. The Morgan fingerprint density at radius 2 is 2.20 bits per heavy atom. The van der Waals surface area contributed by atoms with Crippen LogP contribution in [-0.2, 0) is 4.74 Å². The number of thiocarbonyl (C=S) groups is 1. The zero-order chi connectivity index (χ0) is 4.28. The average Bonchev–Trinajstić information content (AvgIpc) is 1.38. The first-order chi connectivity index (χ1) is 2.27. The predicted molar refractivity (Wildman–Crippen MR) is 25.4 cm³/mol. The van der Waals surface area contributed by atoms with Crippen LogP contribution >= 0.6 is 12.2 Å². The van der Waals surface area contributed by atoms with E-state index in [1.54, 1.807) is 0 Å². The summed E-state index contributed by atoms with van der Waals surface area (Å²) in [7, 11) is 6.23. The molecule has 0 fully saturated rings. The van der Waals surface area contributed by atoms with Crippen molar-refractivity contribution in [3.05, 3.63) is 0 Å². The van der Waals surface area contributed by atoms with Crippen molar-refractivity contribution in [1.82, 2.24) is 0 Å². The Hall–Kier alpha value is -0.0451. The van der Waals surface area contributed by atoms with Crippen molar-refractivity contribution in [2.45, 2.75) is 0 Å². The van der Waals surface area contributed by atoms with Gasteiger partial charge in [-0.25, -0.2) is 0 Å². The number of ether oxygens (including phenoxy) is 1. The molecule has 0 heterocycles. The fourth-order valence-corrected chi connectivity index (χ4v) is 0. The van der Waals surface area contributed by atoms with E-state index in [2.05, 4.69) is 17.0 Å². The minimum atomic E-state index is 0.0880. The van der Waals surface area contributed by atoms with E-state index in [0.29, 0.717) is 0 Å². The van der Waals surface area contributed by atoms with Gasteiger partial charge in [-0.15, -0.1) is 0 Å². The second-order valence-corrected chi connectivity index (χ2v) is 0.926. The fraction of sp³-hybridized carbons (Fsp3) is 0.500. The maximum absolute atomic E-state index is 4.80. The highest BCUT2D eigenvalue weighted by Gasteiger charge is 1.69. The minimum absolute atomic E-state index is 0.0880. The molecule has 0 unspecified atom stereocenters. The van der Waals surface area contributed by atoms with Crippen LogP contribution in [0.2, 0.25) is 0 Å². The molecule has 0 saturated heterocycles. The lowest BCUT2D eigenvalue weighted by Gasteiger charge is -1.86. The Labute approximate surface area is 37.7 Å². The lowest BCUT2D eigenvalue weighted by molar-refractivity contribution is 0.425. The normalized spacial score (nSPS) is 6.60. The Kier molecular flexibility index (Phi) is 2.19. The van der Waals surface area contributed by atoms with Crippen molar-refractivity contribution < 1.29 is 4.74 Å². The van der Waals surface area contributed by atoms with E-state index in [1.807, 2.05) is 0 Å². The second-order valence-electron chi connectivity index (χ2n) is 0.523. The highest BCUT2D eigenvalue weighted by Crippen LogP contribution is 1.62. The third-order valence-electron chi connectivity index (χ3n) is 0.201. The molecule has 2 radical (unpaired) electrons. The van der Waals surface area contributed by atoms with Crippen LogP contribution in [0.15, 0.2) is 0 Å². The first kappa shape index (κ1) is 4.95. The van der Waals surface area contributed by atoms with E-state index in [9.17, 15) is 0 Å². The van der Waals surface area contributed by atoms with E-state index >= 15 is 0 Å². The van der Waals surface area contributed by atoms with Gasteiger partial charge in [0.25, 0.3) is 0 Å². The smallest absolute Gasteiger partial charge is 0.183 e. The Balaban J connectivity index is 2.85. The van der Waals surface area contributed by atoms with Gasteiger partial charge in [0.15, 0.2) is 7.85 Å². The largest absolute Gasteiger partial charge is 0.502 e. The van der Waals surface area contributed by atoms with E-state index in [-0.39, 0.29) is 4.95 Å².